The number of hydrogen-bond acceptors (Lipinski definition) is 2. The van der Waals surface area contributed by atoms with E-state index >= 15 is 0 Å². The second kappa shape index (κ2) is 7.72. The zero-order chi connectivity index (χ0) is 10.9. The topological polar surface area (TPSA) is 26.3 Å². The Labute approximate surface area is 93.4 Å². The molecule has 1 saturated carbocycles. The quantitative estimate of drug-likeness (QED) is 0.514. The van der Waals surface area contributed by atoms with Gasteiger partial charge in [0.1, 0.15) is 0 Å². The Morgan fingerprint density at radius 3 is 2.53 bits per heavy atom. The molecule has 1 rings (SSSR count). The molecule has 87 valence electrons. The van der Waals surface area contributed by atoms with Gasteiger partial charge in [-0.05, 0) is 25.2 Å². The van der Waals surface area contributed by atoms with Gasteiger partial charge in [-0.2, -0.15) is 0 Å². The van der Waals surface area contributed by atoms with E-state index in [4.69, 9.17) is 4.74 Å². The van der Waals surface area contributed by atoms with E-state index in [-0.39, 0.29) is 5.97 Å². The van der Waals surface area contributed by atoms with Crippen molar-refractivity contribution >= 4 is 5.97 Å². The van der Waals surface area contributed by atoms with Gasteiger partial charge < -0.3 is 4.74 Å². The number of carbonyl (C=O) groups is 1. The Morgan fingerprint density at radius 1 is 1.27 bits per heavy atom. The summed E-state index contributed by atoms with van der Waals surface area (Å²) < 4.78 is 5.24. The summed E-state index contributed by atoms with van der Waals surface area (Å²) >= 11 is 0. The highest BCUT2D eigenvalue weighted by molar-refractivity contribution is 5.78. The van der Waals surface area contributed by atoms with E-state index in [1.165, 1.54) is 38.5 Å². The molecule has 0 bridgehead atoms. The third kappa shape index (κ3) is 5.81. The van der Waals surface area contributed by atoms with Crippen molar-refractivity contribution in [1.29, 1.82) is 0 Å². The highest BCUT2D eigenvalue weighted by Crippen LogP contribution is 2.23. The molecule has 1 aliphatic carbocycles. The molecule has 2 heteroatoms. The fraction of sp³-hybridized carbons (Fsp3) is 0.846. The van der Waals surface area contributed by atoms with Crippen LogP contribution in [0.1, 0.15) is 58.3 Å². The molecule has 1 radical (unpaired) electrons. The van der Waals surface area contributed by atoms with Crippen LogP contribution in [0.2, 0.25) is 0 Å². The number of unbranched alkanes of at least 4 members (excludes halogenated alkanes) is 1. The van der Waals surface area contributed by atoms with E-state index < -0.39 is 0 Å². The summed E-state index contributed by atoms with van der Waals surface area (Å²) in [6, 6.07) is 0. The molecule has 0 saturated heterocycles. The summed E-state index contributed by atoms with van der Waals surface area (Å²) in [5.41, 5.74) is 0. The third-order valence-electron chi connectivity index (χ3n) is 3.04. The molecule has 0 atom stereocenters. The number of ether oxygens (including phenoxy) is 1. The van der Waals surface area contributed by atoms with Gasteiger partial charge in [-0.3, -0.25) is 4.79 Å². The fourth-order valence-electron chi connectivity index (χ4n) is 2.05. The molecule has 2 nitrogen and oxygen atoms in total. The van der Waals surface area contributed by atoms with Crippen molar-refractivity contribution < 1.29 is 9.53 Å². The molecule has 0 aliphatic heterocycles. The van der Waals surface area contributed by atoms with Crippen LogP contribution in [-0.4, -0.2) is 12.6 Å². The normalized spacial score (nSPS) is 18.5. The first kappa shape index (κ1) is 12.5. The van der Waals surface area contributed by atoms with Crippen LogP contribution in [0.3, 0.4) is 0 Å². The van der Waals surface area contributed by atoms with E-state index in [9.17, 15) is 4.79 Å². The second-order valence-corrected chi connectivity index (χ2v) is 4.48. The third-order valence-corrected chi connectivity index (χ3v) is 3.04. The summed E-state index contributed by atoms with van der Waals surface area (Å²) in [5.74, 6) is 0.493. The van der Waals surface area contributed by atoms with Gasteiger partial charge in [0.05, 0.1) is 13.0 Å². The maximum atomic E-state index is 11.3. The molecule has 0 N–H and O–H groups in total. The minimum Gasteiger partial charge on any atom is -0.465 e. The second-order valence-electron chi connectivity index (χ2n) is 4.48. The lowest BCUT2D eigenvalue weighted by molar-refractivity contribution is -0.141. The van der Waals surface area contributed by atoms with E-state index in [0.717, 1.165) is 12.8 Å². The average molecular weight is 211 g/mol. The first-order valence-corrected chi connectivity index (χ1v) is 6.33. The Bertz CT molecular complexity index is 169. The molecular formula is C13H23O2. The largest absolute Gasteiger partial charge is 0.465 e. The highest BCUT2D eigenvalue weighted by Gasteiger charge is 2.14. The van der Waals surface area contributed by atoms with Gasteiger partial charge in [0.2, 0.25) is 0 Å². The van der Waals surface area contributed by atoms with Gasteiger partial charge in [-0.25, -0.2) is 0 Å². The number of esters is 1. The molecule has 0 amide bonds. The van der Waals surface area contributed by atoms with Crippen molar-refractivity contribution in [3.63, 3.8) is 0 Å². The Morgan fingerprint density at radius 2 is 1.93 bits per heavy atom. The summed E-state index contributed by atoms with van der Waals surface area (Å²) in [7, 11) is 0. The minimum atomic E-state index is -0.124. The molecule has 0 aromatic carbocycles. The van der Waals surface area contributed by atoms with Crippen LogP contribution in [-0.2, 0) is 9.53 Å². The summed E-state index contributed by atoms with van der Waals surface area (Å²) in [5, 5.41) is 0. The van der Waals surface area contributed by atoms with Gasteiger partial charge in [0.25, 0.3) is 0 Å². The summed E-state index contributed by atoms with van der Waals surface area (Å²) in [6.45, 7) is 2.70. The van der Waals surface area contributed by atoms with Crippen molar-refractivity contribution in [2.45, 2.75) is 58.3 Å². The molecule has 0 aromatic rings. The van der Waals surface area contributed by atoms with Crippen molar-refractivity contribution in [3.8, 4) is 0 Å². The molecule has 0 aromatic heterocycles. The van der Waals surface area contributed by atoms with Gasteiger partial charge in [0, 0.05) is 0 Å². The van der Waals surface area contributed by atoms with E-state index in [1.54, 1.807) is 6.42 Å². The molecule has 15 heavy (non-hydrogen) atoms. The molecule has 1 aliphatic rings. The fourth-order valence-corrected chi connectivity index (χ4v) is 2.05. The lowest BCUT2D eigenvalue weighted by Crippen LogP contribution is -2.13. The maximum Gasteiger partial charge on any atom is 0.309 e. The number of hydrogen-bond donors (Lipinski definition) is 0. The first-order chi connectivity index (χ1) is 7.33. The molecule has 0 heterocycles. The zero-order valence-corrected chi connectivity index (χ0v) is 9.84. The van der Waals surface area contributed by atoms with Crippen LogP contribution in [0.15, 0.2) is 0 Å². The Balaban J connectivity index is 2.09. The van der Waals surface area contributed by atoms with Gasteiger partial charge in [0.15, 0.2) is 0 Å². The first-order valence-electron chi connectivity index (χ1n) is 6.33. The molecule has 1 fully saturated rings. The van der Waals surface area contributed by atoms with E-state index in [2.05, 4.69) is 6.92 Å². The number of carbonyl (C=O) groups excluding carboxylic acids is 1. The summed E-state index contributed by atoms with van der Waals surface area (Å²) in [6.07, 6.45) is 11.3. The minimum absolute atomic E-state index is 0.124. The zero-order valence-electron chi connectivity index (χ0n) is 9.84. The summed E-state index contributed by atoms with van der Waals surface area (Å²) in [4.78, 5) is 11.3. The van der Waals surface area contributed by atoms with Crippen molar-refractivity contribution in [2.24, 2.45) is 5.92 Å². The van der Waals surface area contributed by atoms with Crippen molar-refractivity contribution in [1.82, 2.24) is 0 Å². The Hall–Kier alpha value is -0.530. The van der Waals surface area contributed by atoms with Gasteiger partial charge in [-0.15, -0.1) is 0 Å². The molecule has 0 spiro atoms. The lowest BCUT2D eigenvalue weighted by Gasteiger charge is -2.13. The van der Waals surface area contributed by atoms with E-state index in [1.807, 2.05) is 0 Å². The van der Waals surface area contributed by atoms with Crippen LogP contribution in [0.25, 0.3) is 0 Å². The maximum absolute atomic E-state index is 11.3. The van der Waals surface area contributed by atoms with Crippen molar-refractivity contribution in [2.75, 3.05) is 6.61 Å². The van der Waals surface area contributed by atoms with Crippen LogP contribution in [0, 0.1) is 12.3 Å². The SMILES string of the molecule is CCC[CH]C(=O)OCC1CCCCCC1. The van der Waals surface area contributed by atoms with Gasteiger partial charge >= 0.3 is 5.97 Å². The van der Waals surface area contributed by atoms with Crippen molar-refractivity contribution in [3.05, 3.63) is 6.42 Å². The molecule has 0 unspecified atom stereocenters. The smallest absolute Gasteiger partial charge is 0.309 e. The number of rotatable bonds is 5. The van der Waals surface area contributed by atoms with Crippen LogP contribution >= 0.6 is 0 Å². The molecular weight excluding hydrogens is 188 g/mol. The van der Waals surface area contributed by atoms with Gasteiger partial charge in [-0.1, -0.05) is 39.0 Å². The average Bonchev–Trinajstić information content (AvgIpc) is 2.51. The van der Waals surface area contributed by atoms with Crippen LogP contribution < -0.4 is 0 Å². The van der Waals surface area contributed by atoms with E-state index in [0.29, 0.717) is 12.5 Å². The van der Waals surface area contributed by atoms with Crippen LogP contribution in [0.5, 0.6) is 0 Å². The standard InChI is InChI=1S/C13H23O2/c1-2-3-10-13(14)15-11-12-8-6-4-5-7-9-12/h10,12H,2-9,11H2,1H3. The highest BCUT2D eigenvalue weighted by atomic mass is 16.5. The lowest BCUT2D eigenvalue weighted by atomic mass is 10.0. The predicted molar refractivity (Wildman–Crippen MR) is 61.4 cm³/mol. The monoisotopic (exact) mass is 211 g/mol. The Kier molecular flexibility index (Phi) is 6.45. The van der Waals surface area contributed by atoms with Crippen LogP contribution in [0.4, 0.5) is 0 Å². The predicted octanol–water partition coefficient (Wildman–Crippen LogP) is 3.50.